The lowest BCUT2D eigenvalue weighted by Crippen LogP contribution is -2.42. The molecule has 0 amide bonds. The van der Waals surface area contributed by atoms with Crippen LogP contribution in [-0.2, 0) is 10.2 Å². The van der Waals surface area contributed by atoms with Gasteiger partial charge in [0.25, 0.3) is 0 Å². The van der Waals surface area contributed by atoms with Crippen LogP contribution in [-0.4, -0.2) is 16.2 Å². The van der Waals surface area contributed by atoms with E-state index in [1.165, 1.54) is 0 Å². The van der Waals surface area contributed by atoms with Gasteiger partial charge in [-0.25, -0.2) is 0 Å². The van der Waals surface area contributed by atoms with Crippen LogP contribution in [0.5, 0.6) is 5.75 Å². The Balaban J connectivity index is 2.48. The summed E-state index contributed by atoms with van der Waals surface area (Å²) in [4.78, 5) is 11.2. The molecule has 1 saturated carbocycles. The van der Waals surface area contributed by atoms with Crippen LogP contribution in [0, 0.1) is 6.92 Å². The van der Waals surface area contributed by atoms with Crippen molar-refractivity contribution in [2.24, 2.45) is 0 Å². The van der Waals surface area contributed by atoms with Crippen LogP contribution >= 0.6 is 0 Å². The maximum absolute atomic E-state index is 11.2. The van der Waals surface area contributed by atoms with Gasteiger partial charge in [-0.05, 0) is 31.4 Å². The van der Waals surface area contributed by atoms with E-state index >= 15 is 0 Å². The third-order valence-electron chi connectivity index (χ3n) is 3.29. The molecule has 1 fully saturated rings. The van der Waals surface area contributed by atoms with E-state index in [-0.39, 0.29) is 5.75 Å². The molecule has 2 rings (SSSR count). The Morgan fingerprint density at radius 1 is 1.40 bits per heavy atom. The van der Waals surface area contributed by atoms with Gasteiger partial charge >= 0.3 is 5.97 Å². The van der Waals surface area contributed by atoms with Crippen molar-refractivity contribution in [2.45, 2.75) is 31.6 Å². The summed E-state index contributed by atoms with van der Waals surface area (Å²) >= 11 is 0. The lowest BCUT2D eigenvalue weighted by molar-refractivity contribution is -0.147. The van der Waals surface area contributed by atoms with Crippen LogP contribution in [0.3, 0.4) is 0 Å². The lowest BCUT2D eigenvalue weighted by Gasteiger charge is -2.38. The maximum Gasteiger partial charge on any atom is 0.314 e. The summed E-state index contributed by atoms with van der Waals surface area (Å²) in [7, 11) is 0. The van der Waals surface area contributed by atoms with Crippen molar-refractivity contribution < 1.29 is 15.0 Å². The number of rotatable bonds is 2. The smallest absolute Gasteiger partial charge is 0.314 e. The molecule has 15 heavy (non-hydrogen) atoms. The van der Waals surface area contributed by atoms with Crippen LogP contribution in [0.1, 0.15) is 30.4 Å². The van der Waals surface area contributed by atoms with Gasteiger partial charge in [0, 0.05) is 5.56 Å². The van der Waals surface area contributed by atoms with Gasteiger partial charge in [0.2, 0.25) is 0 Å². The number of carboxylic acids is 1. The SMILES string of the molecule is Cc1ccc(C2(C(=O)O)CCC2)c(O)c1. The number of phenols is 1. The zero-order valence-electron chi connectivity index (χ0n) is 8.66. The van der Waals surface area contributed by atoms with E-state index in [0.29, 0.717) is 18.4 Å². The Morgan fingerprint density at radius 3 is 2.47 bits per heavy atom. The predicted octanol–water partition coefficient (Wildman–Crippen LogP) is 2.21. The van der Waals surface area contributed by atoms with Crippen LogP contribution in [0.25, 0.3) is 0 Å². The van der Waals surface area contributed by atoms with E-state index in [0.717, 1.165) is 12.0 Å². The molecule has 1 aliphatic rings. The molecule has 1 aromatic rings. The highest BCUT2D eigenvalue weighted by molar-refractivity contribution is 5.83. The highest BCUT2D eigenvalue weighted by atomic mass is 16.4. The summed E-state index contributed by atoms with van der Waals surface area (Å²) in [5.41, 5.74) is 0.667. The normalized spacial score (nSPS) is 18.2. The summed E-state index contributed by atoms with van der Waals surface area (Å²) in [6, 6.07) is 5.20. The van der Waals surface area contributed by atoms with E-state index in [4.69, 9.17) is 0 Å². The molecule has 0 heterocycles. The second-order valence-corrected chi connectivity index (χ2v) is 4.26. The summed E-state index contributed by atoms with van der Waals surface area (Å²) in [6.07, 6.45) is 2.16. The number of aryl methyl sites for hydroxylation is 1. The number of benzene rings is 1. The first-order valence-electron chi connectivity index (χ1n) is 5.10. The molecule has 0 spiro atoms. The van der Waals surface area contributed by atoms with Gasteiger partial charge in [0.1, 0.15) is 5.75 Å². The monoisotopic (exact) mass is 206 g/mol. The lowest BCUT2D eigenvalue weighted by atomic mass is 9.64. The number of hydrogen-bond acceptors (Lipinski definition) is 2. The molecule has 1 aliphatic carbocycles. The Labute approximate surface area is 88.4 Å². The van der Waals surface area contributed by atoms with Gasteiger partial charge in [-0.15, -0.1) is 0 Å². The van der Waals surface area contributed by atoms with Gasteiger partial charge < -0.3 is 10.2 Å². The van der Waals surface area contributed by atoms with E-state index in [2.05, 4.69) is 0 Å². The largest absolute Gasteiger partial charge is 0.508 e. The molecule has 3 nitrogen and oxygen atoms in total. The molecule has 1 aromatic carbocycles. The highest BCUT2D eigenvalue weighted by Crippen LogP contribution is 2.47. The second kappa shape index (κ2) is 3.26. The van der Waals surface area contributed by atoms with E-state index in [9.17, 15) is 15.0 Å². The Hall–Kier alpha value is -1.51. The molecule has 0 aromatic heterocycles. The second-order valence-electron chi connectivity index (χ2n) is 4.26. The van der Waals surface area contributed by atoms with Gasteiger partial charge in [0.15, 0.2) is 0 Å². The minimum atomic E-state index is -0.836. The van der Waals surface area contributed by atoms with E-state index < -0.39 is 11.4 Å². The topological polar surface area (TPSA) is 57.5 Å². The Kier molecular flexibility index (Phi) is 2.18. The van der Waals surface area contributed by atoms with Crippen molar-refractivity contribution in [1.82, 2.24) is 0 Å². The molecule has 3 heteroatoms. The van der Waals surface area contributed by atoms with Crippen molar-refractivity contribution in [1.29, 1.82) is 0 Å². The molecule has 80 valence electrons. The number of aliphatic carboxylic acids is 1. The number of aromatic hydroxyl groups is 1. The quantitative estimate of drug-likeness (QED) is 0.780. The van der Waals surface area contributed by atoms with Crippen molar-refractivity contribution in [3.05, 3.63) is 29.3 Å². The van der Waals surface area contributed by atoms with Gasteiger partial charge in [-0.1, -0.05) is 18.6 Å². The van der Waals surface area contributed by atoms with Crippen LogP contribution in [0.15, 0.2) is 18.2 Å². The molecule has 0 bridgehead atoms. The number of carbonyl (C=O) groups is 1. The summed E-state index contributed by atoms with van der Waals surface area (Å²) in [5, 5.41) is 19.0. The van der Waals surface area contributed by atoms with E-state index in [1.54, 1.807) is 12.1 Å². The van der Waals surface area contributed by atoms with Gasteiger partial charge in [0.05, 0.1) is 5.41 Å². The molecule has 2 N–H and O–H groups in total. The fraction of sp³-hybridized carbons (Fsp3) is 0.417. The minimum Gasteiger partial charge on any atom is -0.508 e. The summed E-state index contributed by atoms with van der Waals surface area (Å²) in [5.74, 6) is -0.718. The standard InChI is InChI=1S/C12H14O3/c1-8-3-4-9(10(13)7-8)12(11(14)15)5-2-6-12/h3-4,7,13H,2,5-6H2,1H3,(H,14,15). The Morgan fingerprint density at radius 2 is 2.07 bits per heavy atom. The predicted molar refractivity (Wildman–Crippen MR) is 56.0 cm³/mol. The number of phenolic OH excluding ortho intramolecular Hbond substituents is 1. The van der Waals surface area contributed by atoms with Crippen molar-refractivity contribution in [2.75, 3.05) is 0 Å². The average molecular weight is 206 g/mol. The first-order valence-corrected chi connectivity index (χ1v) is 5.10. The third kappa shape index (κ3) is 1.39. The molecule has 0 radical (unpaired) electrons. The van der Waals surface area contributed by atoms with Crippen molar-refractivity contribution in [3.63, 3.8) is 0 Å². The molecule has 0 atom stereocenters. The third-order valence-corrected chi connectivity index (χ3v) is 3.29. The fourth-order valence-electron chi connectivity index (χ4n) is 2.18. The molecular formula is C12H14O3. The minimum absolute atomic E-state index is 0.108. The molecule has 0 aliphatic heterocycles. The van der Waals surface area contributed by atoms with Gasteiger partial charge in [-0.2, -0.15) is 0 Å². The van der Waals surface area contributed by atoms with Crippen LogP contribution < -0.4 is 0 Å². The number of carboxylic acid groups (broad SMARTS) is 1. The van der Waals surface area contributed by atoms with Gasteiger partial charge in [-0.3, -0.25) is 4.79 Å². The van der Waals surface area contributed by atoms with E-state index in [1.807, 2.05) is 13.0 Å². The first-order chi connectivity index (χ1) is 7.06. The zero-order valence-corrected chi connectivity index (χ0v) is 8.66. The fourth-order valence-corrected chi connectivity index (χ4v) is 2.18. The van der Waals surface area contributed by atoms with Crippen molar-refractivity contribution in [3.8, 4) is 5.75 Å². The molecular weight excluding hydrogens is 192 g/mol. The van der Waals surface area contributed by atoms with Crippen molar-refractivity contribution >= 4 is 5.97 Å². The maximum atomic E-state index is 11.2. The summed E-state index contributed by atoms with van der Waals surface area (Å²) in [6.45, 7) is 1.87. The Bertz CT molecular complexity index is 405. The number of hydrogen-bond donors (Lipinski definition) is 2. The average Bonchev–Trinajstić information content (AvgIpc) is 2.05. The first kappa shape index (κ1) is 10.0. The molecule has 0 unspecified atom stereocenters. The zero-order chi connectivity index (χ0) is 11.1. The van der Waals surface area contributed by atoms with Crippen LogP contribution in [0.4, 0.5) is 0 Å². The summed E-state index contributed by atoms with van der Waals surface area (Å²) < 4.78 is 0. The highest BCUT2D eigenvalue weighted by Gasteiger charge is 2.47. The molecule has 0 saturated heterocycles. The van der Waals surface area contributed by atoms with Crippen LogP contribution in [0.2, 0.25) is 0 Å².